The fraction of sp³-hybridized carbons (Fsp3) is 0. The van der Waals surface area contributed by atoms with Crippen molar-refractivity contribution in [3.63, 3.8) is 0 Å². The standard InChI is InChI=1S/C6HCl2N3O7/c7-1-3(9(13)14)2(8)5(11(17)18)6(12)4(1)10(15)16/h12H. The van der Waals surface area contributed by atoms with Crippen LogP contribution in [0.1, 0.15) is 0 Å². The predicted molar refractivity (Wildman–Crippen MR) is 58.1 cm³/mol. The first-order chi connectivity index (χ1) is 8.20. The number of nitro benzene ring substituents is 3. The Labute approximate surface area is 107 Å². The van der Waals surface area contributed by atoms with E-state index in [9.17, 15) is 35.4 Å². The Balaban J connectivity index is 3.94. The van der Waals surface area contributed by atoms with Crippen molar-refractivity contribution < 1.29 is 19.9 Å². The summed E-state index contributed by atoms with van der Waals surface area (Å²) in [5, 5.41) is 38.9. The molecule has 0 spiro atoms. The van der Waals surface area contributed by atoms with Crippen LogP contribution in [0.3, 0.4) is 0 Å². The largest absolute Gasteiger partial charge is 0.497 e. The summed E-state index contributed by atoms with van der Waals surface area (Å²) < 4.78 is 0. The molecule has 0 saturated carbocycles. The summed E-state index contributed by atoms with van der Waals surface area (Å²) in [5.41, 5.74) is -3.91. The third-order valence-corrected chi connectivity index (χ3v) is 2.54. The van der Waals surface area contributed by atoms with Gasteiger partial charge in [0.1, 0.15) is 0 Å². The zero-order chi connectivity index (χ0) is 14.2. The van der Waals surface area contributed by atoms with Gasteiger partial charge in [0.25, 0.3) is 5.75 Å². The maximum Gasteiger partial charge on any atom is 0.343 e. The van der Waals surface area contributed by atoms with E-state index in [1.54, 1.807) is 0 Å². The van der Waals surface area contributed by atoms with E-state index in [2.05, 4.69) is 0 Å². The number of halogens is 2. The smallest absolute Gasteiger partial charge is 0.343 e. The number of phenolic OH excluding ortho intramolecular Hbond substituents is 1. The van der Waals surface area contributed by atoms with Gasteiger partial charge in [-0.15, -0.1) is 0 Å². The van der Waals surface area contributed by atoms with Gasteiger partial charge in [0, 0.05) is 0 Å². The van der Waals surface area contributed by atoms with Gasteiger partial charge < -0.3 is 5.11 Å². The molecule has 10 nitrogen and oxygen atoms in total. The second-order valence-corrected chi connectivity index (χ2v) is 3.55. The number of nitrogens with zero attached hydrogens (tertiary/aromatic N) is 3. The zero-order valence-electron chi connectivity index (χ0n) is 7.99. The van der Waals surface area contributed by atoms with Gasteiger partial charge >= 0.3 is 17.1 Å². The van der Waals surface area contributed by atoms with Crippen molar-refractivity contribution in [2.75, 3.05) is 0 Å². The number of hydrogen-bond acceptors (Lipinski definition) is 7. The molecule has 0 amide bonds. The van der Waals surface area contributed by atoms with Crippen molar-refractivity contribution in [3.05, 3.63) is 40.4 Å². The highest BCUT2D eigenvalue weighted by atomic mass is 35.5. The van der Waals surface area contributed by atoms with Crippen molar-refractivity contribution in [2.45, 2.75) is 0 Å². The Hall–Kier alpha value is -2.20. The van der Waals surface area contributed by atoms with Crippen LogP contribution in [0.4, 0.5) is 17.1 Å². The van der Waals surface area contributed by atoms with Crippen LogP contribution in [0.2, 0.25) is 10.0 Å². The third kappa shape index (κ3) is 1.98. The van der Waals surface area contributed by atoms with Gasteiger partial charge in [-0.05, 0) is 0 Å². The summed E-state index contributed by atoms with van der Waals surface area (Å²) in [5.74, 6) is -1.44. The first-order valence-corrected chi connectivity index (χ1v) is 4.62. The number of benzene rings is 1. The summed E-state index contributed by atoms with van der Waals surface area (Å²) in [6, 6.07) is 0. The summed E-state index contributed by atoms with van der Waals surface area (Å²) in [7, 11) is 0. The van der Waals surface area contributed by atoms with E-state index in [4.69, 9.17) is 23.2 Å². The minimum atomic E-state index is -1.44. The molecule has 12 heteroatoms. The van der Waals surface area contributed by atoms with Crippen LogP contribution < -0.4 is 0 Å². The number of rotatable bonds is 3. The van der Waals surface area contributed by atoms with Gasteiger partial charge in [-0.25, -0.2) is 0 Å². The monoisotopic (exact) mass is 297 g/mol. The summed E-state index contributed by atoms with van der Waals surface area (Å²) >= 11 is 10.7. The molecule has 0 atom stereocenters. The fourth-order valence-corrected chi connectivity index (χ4v) is 1.83. The maximum absolute atomic E-state index is 10.6. The second kappa shape index (κ2) is 4.58. The highest BCUT2D eigenvalue weighted by Gasteiger charge is 2.41. The van der Waals surface area contributed by atoms with Crippen molar-refractivity contribution in [3.8, 4) is 5.75 Å². The molecule has 0 saturated heterocycles. The number of hydrogen-bond donors (Lipinski definition) is 1. The van der Waals surface area contributed by atoms with E-state index in [-0.39, 0.29) is 0 Å². The van der Waals surface area contributed by atoms with E-state index in [0.717, 1.165) is 0 Å². The zero-order valence-corrected chi connectivity index (χ0v) is 9.51. The molecule has 96 valence electrons. The molecule has 0 heterocycles. The average molecular weight is 298 g/mol. The molecule has 0 aliphatic rings. The van der Waals surface area contributed by atoms with E-state index in [1.807, 2.05) is 0 Å². The molecule has 0 unspecified atom stereocenters. The number of nitro groups is 3. The lowest BCUT2D eigenvalue weighted by Gasteiger charge is -2.03. The minimum absolute atomic E-state index is 1.09. The molecule has 1 aromatic carbocycles. The van der Waals surface area contributed by atoms with Gasteiger partial charge in [0.2, 0.25) is 10.0 Å². The van der Waals surface area contributed by atoms with E-state index < -0.39 is 47.6 Å². The third-order valence-electron chi connectivity index (χ3n) is 1.83. The first kappa shape index (κ1) is 13.9. The minimum Gasteiger partial charge on any atom is -0.497 e. The summed E-state index contributed by atoms with van der Waals surface area (Å²) in [6.45, 7) is 0. The van der Waals surface area contributed by atoms with Crippen molar-refractivity contribution in [1.29, 1.82) is 0 Å². The molecule has 0 fully saturated rings. The molecule has 0 aliphatic heterocycles. The highest BCUT2D eigenvalue weighted by molar-refractivity contribution is 6.41. The van der Waals surface area contributed by atoms with Crippen LogP contribution in [0.25, 0.3) is 0 Å². The maximum atomic E-state index is 10.6. The van der Waals surface area contributed by atoms with E-state index in [0.29, 0.717) is 0 Å². The van der Waals surface area contributed by atoms with Crippen molar-refractivity contribution >= 4 is 40.3 Å². The van der Waals surface area contributed by atoms with Crippen LogP contribution >= 0.6 is 23.2 Å². The molecule has 18 heavy (non-hydrogen) atoms. The molecule has 0 radical (unpaired) electrons. The highest BCUT2D eigenvalue weighted by Crippen LogP contribution is 2.51. The lowest BCUT2D eigenvalue weighted by molar-refractivity contribution is -0.404. The van der Waals surface area contributed by atoms with Gasteiger partial charge in [-0.3, -0.25) is 30.3 Å². The predicted octanol–water partition coefficient (Wildman–Crippen LogP) is 2.42. The molecule has 1 rings (SSSR count). The summed E-state index contributed by atoms with van der Waals surface area (Å²) in [6.07, 6.45) is 0. The normalized spacial score (nSPS) is 10.1. The topological polar surface area (TPSA) is 150 Å². The SMILES string of the molecule is O=[N+]([O-])c1c(O)c([N+](=O)[O-])c(Cl)c([N+](=O)[O-])c1Cl. The Kier molecular flexibility index (Phi) is 3.53. The molecule has 0 aliphatic carbocycles. The molecular weight excluding hydrogens is 297 g/mol. The number of aromatic hydroxyl groups is 1. The van der Waals surface area contributed by atoms with Crippen LogP contribution in [0, 0.1) is 30.3 Å². The summed E-state index contributed by atoms with van der Waals surface area (Å²) in [4.78, 5) is 28.0. The molecule has 1 N–H and O–H groups in total. The van der Waals surface area contributed by atoms with Crippen LogP contribution in [0.5, 0.6) is 5.75 Å². The van der Waals surface area contributed by atoms with Gasteiger partial charge in [0.05, 0.1) is 14.8 Å². The average Bonchev–Trinajstić information content (AvgIpc) is 2.14. The molecule has 1 aromatic rings. The second-order valence-electron chi connectivity index (χ2n) is 2.79. The first-order valence-electron chi connectivity index (χ1n) is 3.87. The Morgan fingerprint density at radius 1 is 0.778 bits per heavy atom. The lowest BCUT2D eigenvalue weighted by atomic mass is 10.2. The van der Waals surface area contributed by atoms with Gasteiger partial charge in [-0.1, -0.05) is 23.2 Å². The Morgan fingerprint density at radius 3 is 1.28 bits per heavy atom. The van der Waals surface area contributed by atoms with Gasteiger partial charge in [-0.2, -0.15) is 0 Å². The number of phenols is 1. The van der Waals surface area contributed by atoms with E-state index >= 15 is 0 Å². The molecule has 0 aromatic heterocycles. The van der Waals surface area contributed by atoms with Crippen molar-refractivity contribution in [2.24, 2.45) is 0 Å². The lowest BCUT2D eigenvalue weighted by Crippen LogP contribution is -2.01. The van der Waals surface area contributed by atoms with Gasteiger partial charge in [0.15, 0.2) is 0 Å². The Bertz CT molecular complexity index is 485. The van der Waals surface area contributed by atoms with Crippen LogP contribution in [-0.4, -0.2) is 19.9 Å². The molecule has 0 bridgehead atoms. The fourth-order valence-electron chi connectivity index (χ4n) is 1.13. The van der Waals surface area contributed by atoms with E-state index in [1.165, 1.54) is 0 Å². The Morgan fingerprint density at radius 2 is 1.06 bits per heavy atom. The molecular formula is C6HCl2N3O7. The van der Waals surface area contributed by atoms with Crippen LogP contribution in [-0.2, 0) is 0 Å². The van der Waals surface area contributed by atoms with Crippen LogP contribution in [0.15, 0.2) is 0 Å². The quantitative estimate of drug-likeness (QED) is 0.664. The van der Waals surface area contributed by atoms with Crippen molar-refractivity contribution in [1.82, 2.24) is 0 Å².